The largest absolute Gasteiger partial charge is 0.469 e. The normalized spacial score (nSPS) is 9.79. The zero-order valence-corrected chi connectivity index (χ0v) is 8.32. The van der Waals surface area contributed by atoms with E-state index in [9.17, 15) is 4.79 Å². The lowest BCUT2D eigenvalue weighted by molar-refractivity contribution is -0.139. The molecule has 0 N–H and O–H groups in total. The molecule has 0 fully saturated rings. The number of carbonyl (C=O) groups is 1. The van der Waals surface area contributed by atoms with Crippen molar-refractivity contribution in [2.75, 3.05) is 7.11 Å². The molecule has 0 saturated heterocycles. The predicted octanol–water partition coefficient (Wildman–Crippen LogP) is 1.53. The van der Waals surface area contributed by atoms with E-state index in [0.29, 0.717) is 12.7 Å². The fourth-order valence-electron chi connectivity index (χ4n) is 1.23. The lowest BCUT2D eigenvalue weighted by Crippen LogP contribution is -2.04. The molecular formula is C11H13BO2. The minimum Gasteiger partial charge on any atom is -0.469 e. The summed E-state index contributed by atoms with van der Waals surface area (Å²) in [5.41, 5.74) is 2.17. The standard InChI is InChI=1S/C11H13BO2/c1-14-11(13)8-10-4-2-9(3-5-10)6-7-12/h2-5H,6-8H2,1H3. The van der Waals surface area contributed by atoms with Crippen LogP contribution in [-0.2, 0) is 22.4 Å². The first-order valence-corrected chi connectivity index (χ1v) is 4.61. The number of hydrogen-bond acceptors (Lipinski definition) is 2. The molecule has 0 bridgehead atoms. The molecule has 0 aliphatic heterocycles. The Bertz CT molecular complexity index is 293. The maximum absolute atomic E-state index is 10.9. The van der Waals surface area contributed by atoms with Gasteiger partial charge in [-0.3, -0.25) is 4.79 Å². The maximum Gasteiger partial charge on any atom is 0.309 e. The molecule has 2 radical (unpaired) electrons. The quantitative estimate of drug-likeness (QED) is 0.529. The fourth-order valence-corrected chi connectivity index (χ4v) is 1.23. The molecule has 14 heavy (non-hydrogen) atoms. The van der Waals surface area contributed by atoms with E-state index >= 15 is 0 Å². The summed E-state index contributed by atoms with van der Waals surface area (Å²) >= 11 is 0. The fraction of sp³-hybridized carbons (Fsp3) is 0.364. The highest BCUT2D eigenvalue weighted by Gasteiger charge is 2.01. The Morgan fingerprint density at radius 3 is 2.36 bits per heavy atom. The van der Waals surface area contributed by atoms with E-state index in [2.05, 4.69) is 4.74 Å². The number of ether oxygens (including phenoxy) is 1. The number of benzene rings is 1. The van der Waals surface area contributed by atoms with E-state index in [4.69, 9.17) is 7.85 Å². The molecule has 0 amide bonds. The number of hydrogen-bond donors (Lipinski definition) is 0. The number of aryl methyl sites for hydroxylation is 1. The Balaban J connectivity index is 2.59. The molecule has 1 aromatic carbocycles. The van der Waals surface area contributed by atoms with Crippen LogP contribution in [0.15, 0.2) is 24.3 Å². The third-order valence-electron chi connectivity index (χ3n) is 2.03. The van der Waals surface area contributed by atoms with Crippen LogP contribution in [0.2, 0.25) is 6.32 Å². The van der Waals surface area contributed by atoms with Crippen LogP contribution in [0.5, 0.6) is 0 Å². The number of rotatable bonds is 4. The van der Waals surface area contributed by atoms with Gasteiger partial charge in [-0.2, -0.15) is 0 Å². The zero-order valence-electron chi connectivity index (χ0n) is 8.32. The van der Waals surface area contributed by atoms with Gasteiger partial charge < -0.3 is 4.74 Å². The molecule has 0 aromatic heterocycles. The van der Waals surface area contributed by atoms with Crippen LogP contribution in [0.1, 0.15) is 11.1 Å². The molecule has 0 aliphatic carbocycles. The topological polar surface area (TPSA) is 26.3 Å². The first kappa shape index (κ1) is 10.8. The Labute approximate surface area is 85.7 Å². The average Bonchev–Trinajstić information content (AvgIpc) is 2.21. The van der Waals surface area contributed by atoms with Gasteiger partial charge in [-0.1, -0.05) is 30.6 Å². The van der Waals surface area contributed by atoms with Crippen molar-refractivity contribution in [1.29, 1.82) is 0 Å². The minimum atomic E-state index is -0.212. The lowest BCUT2D eigenvalue weighted by Gasteiger charge is -2.02. The lowest BCUT2D eigenvalue weighted by atomic mass is 9.96. The van der Waals surface area contributed by atoms with Gasteiger partial charge in [0.15, 0.2) is 0 Å². The smallest absolute Gasteiger partial charge is 0.309 e. The summed E-state index contributed by atoms with van der Waals surface area (Å²) in [5.74, 6) is -0.212. The second-order valence-corrected chi connectivity index (χ2v) is 3.11. The molecule has 1 rings (SSSR count). The maximum atomic E-state index is 10.9. The van der Waals surface area contributed by atoms with Gasteiger partial charge in [-0.05, 0) is 17.5 Å². The molecule has 2 nitrogen and oxygen atoms in total. The van der Waals surface area contributed by atoms with E-state index in [1.165, 1.54) is 12.7 Å². The van der Waals surface area contributed by atoms with Crippen molar-refractivity contribution < 1.29 is 9.53 Å². The Hall–Kier alpha value is -1.25. The molecule has 3 heteroatoms. The van der Waals surface area contributed by atoms with Crippen LogP contribution < -0.4 is 0 Å². The summed E-state index contributed by atoms with van der Waals surface area (Å²) in [6.07, 6.45) is 1.86. The van der Waals surface area contributed by atoms with E-state index in [-0.39, 0.29) is 5.97 Å². The Morgan fingerprint density at radius 2 is 1.86 bits per heavy atom. The van der Waals surface area contributed by atoms with Gasteiger partial charge in [0, 0.05) is 0 Å². The minimum absolute atomic E-state index is 0.212. The van der Waals surface area contributed by atoms with Crippen molar-refractivity contribution in [1.82, 2.24) is 0 Å². The summed E-state index contributed by atoms with van der Waals surface area (Å²) < 4.78 is 4.57. The molecule has 0 atom stereocenters. The van der Waals surface area contributed by atoms with Gasteiger partial charge in [0.05, 0.1) is 21.4 Å². The van der Waals surface area contributed by atoms with E-state index < -0.39 is 0 Å². The average molecular weight is 188 g/mol. The van der Waals surface area contributed by atoms with Crippen LogP contribution in [0, 0.1) is 0 Å². The van der Waals surface area contributed by atoms with Gasteiger partial charge >= 0.3 is 5.97 Å². The number of esters is 1. The highest BCUT2D eigenvalue weighted by Crippen LogP contribution is 2.07. The summed E-state index contributed by atoms with van der Waals surface area (Å²) in [5, 5.41) is 0. The second kappa shape index (κ2) is 5.48. The van der Waals surface area contributed by atoms with Gasteiger partial charge in [-0.25, -0.2) is 0 Å². The van der Waals surface area contributed by atoms with E-state index in [1.807, 2.05) is 24.3 Å². The first-order chi connectivity index (χ1) is 6.76. The van der Waals surface area contributed by atoms with Crippen molar-refractivity contribution in [2.45, 2.75) is 19.2 Å². The summed E-state index contributed by atoms with van der Waals surface area (Å²) in [7, 11) is 6.82. The van der Waals surface area contributed by atoms with Gasteiger partial charge in [0.2, 0.25) is 0 Å². The molecule has 1 aromatic rings. The number of carbonyl (C=O) groups excluding carboxylic acids is 1. The number of methoxy groups -OCH3 is 1. The monoisotopic (exact) mass is 188 g/mol. The van der Waals surface area contributed by atoms with Gasteiger partial charge in [0.25, 0.3) is 0 Å². The highest BCUT2D eigenvalue weighted by atomic mass is 16.5. The van der Waals surface area contributed by atoms with Crippen molar-refractivity contribution in [3.63, 3.8) is 0 Å². The van der Waals surface area contributed by atoms with Gasteiger partial charge in [-0.15, -0.1) is 0 Å². The second-order valence-electron chi connectivity index (χ2n) is 3.11. The molecule has 72 valence electrons. The van der Waals surface area contributed by atoms with Crippen molar-refractivity contribution in [3.05, 3.63) is 35.4 Å². The zero-order chi connectivity index (χ0) is 10.4. The SMILES string of the molecule is [B]CCc1ccc(CC(=O)OC)cc1. The first-order valence-electron chi connectivity index (χ1n) is 4.61. The molecule has 0 heterocycles. The van der Waals surface area contributed by atoms with Crippen LogP contribution in [-0.4, -0.2) is 20.9 Å². The molecule has 0 aliphatic rings. The molecule has 0 saturated carbocycles. The Morgan fingerprint density at radius 1 is 1.29 bits per heavy atom. The van der Waals surface area contributed by atoms with Crippen LogP contribution in [0.25, 0.3) is 0 Å². The third kappa shape index (κ3) is 3.25. The molecule has 0 unspecified atom stereocenters. The van der Waals surface area contributed by atoms with Crippen molar-refractivity contribution in [2.24, 2.45) is 0 Å². The van der Waals surface area contributed by atoms with Crippen LogP contribution in [0.3, 0.4) is 0 Å². The highest BCUT2D eigenvalue weighted by molar-refractivity contribution is 6.08. The van der Waals surface area contributed by atoms with Crippen LogP contribution in [0.4, 0.5) is 0 Å². The molecular weight excluding hydrogens is 175 g/mol. The van der Waals surface area contributed by atoms with Crippen molar-refractivity contribution in [3.8, 4) is 0 Å². The third-order valence-corrected chi connectivity index (χ3v) is 2.03. The summed E-state index contributed by atoms with van der Waals surface area (Å²) in [4.78, 5) is 10.9. The van der Waals surface area contributed by atoms with Crippen molar-refractivity contribution >= 4 is 13.8 Å². The van der Waals surface area contributed by atoms with E-state index in [0.717, 1.165) is 12.0 Å². The summed E-state index contributed by atoms with van der Waals surface area (Å²) in [6, 6.07) is 7.85. The summed E-state index contributed by atoms with van der Waals surface area (Å²) in [6.45, 7) is 0. The van der Waals surface area contributed by atoms with Crippen LogP contribution >= 0.6 is 0 Å². The Kier molecular flexibility index (Phi) is 4.24. The van der Waals surface area contributed by atoms with E-state index in [1.54, 1.807) is 0 Å². The molecule has 0 spiro atoms. The van der Waals surface area contributed by atoms with Gasteiger partial charge in [0.1, 0.15) is 0 Å². The predicted molar refractivity (Wildman–Crippen MR) is 56.4 cm³/mol.